The number of amides is 1. The summed E-state index contributed by atoms with van der Waals surface area (Å²) >= 11 is 0. The van der Waals surface area contributed by atoms with Crippen LogP contribution in [0.25, 0.3) is 5.69 Å². The maximum absolute atomic E-state index is 13.3. The largest absolute Gasteiger partial charge is 0.478 e. The molecule has 0 atom stereocenters. The third-order valence-electron chi connectivity index (χ3n) is 3.54. The van der Waals surface area contributed by atoms with Gasteiger partial charge in [0.25, 0.3) is 5.91 Å². The smallest absolute Gasteiger partial charge is 0.277 e. The van der Waals surface area contributed by atoms with Gasteiger partial charge in [-0.3, -0.25) is 4.79 Å². The molecule has 1 aromatic heterocycles. The van der Waals surface area contributed by atoms with Crippen molar-refractivity contribution in [1.29, 1.82) is 0 Å². The second-order valence-electron chi connectivity index (χ2n) is 5.58. The fraction of sp³-hybridized carbons (Fsp3) is 0.150. The first-order valence-corrected chi connectivity index (χ1v) is 8.29. The SMILES string of the molecule is CCCOc1cc(=NC(=O)c2cccc(F)c2)cnn1-c1ccccc1. The first-order valence-electron chi connectivity index (χ1n) is 8.29. The van der Waals surface area contributed by atoms with Crippen LogP contribution >= 0.6 is 0 Å². The molecule has 6 heteroatoms. The van der Waals surface area contributed by atoms with Crippen LogP contribution in [0.5, 0.6) is 5.88 Å². The van der Waals surface area contributed by atoms with Crippen LogP contribution in [0.15, 0.2) is 71.9 Å². The van der Waals surface area contributed by atoms with Crippen molar-refractivity contribution in [1.82, 2.24) is 9.78 Å². The highest BCUT2D eigenvalue weighted by Crippen LogP contribution is 2.14. The van der Waals surface area contributed by atoms with Gasteiger partial charge in [-0.25, -0.2) is 14.1 Å². The molecule has 2 aromatic carbocycles. The number of ether oxygens (including phenoxy) is 1. The lowest BCUT2D eigenvalue weighted by Gasteiger charge is -2.12. The fourth-order valence-electron chi connectivity index (χ4n) is 2.34. The zero-order valence-corrected chi connectivity index (χ0v) is 14.3. The number of halogens is 1. The molecule has 1 heterocycles. The lowest BCUT2D eigenvalue weighted by molar-refractivity contribution is 0.0998. The van der Waals surface area contributed by atoms with Crippen LogP contribution in [0.1, 0.15) is 23.7 Å². The Morgan fingerprint density at radius 1 is 1.15 bits per heavy atom. The molecule has 0 bridgehead atoms. The van der Waals surface area contributed by atoms with Gasteiger partial charge in [0, 0.05) is 11.6 Å². The van der Waals surface area contributed by atoms with Crippen molar-refractivity contribution in [3.63, 3.8) is 0 Å². The number of hydrogen-bond donors (Lipinski definition) is 0. The van der Waals surface area contributed by atoms with E-state index in [2.05, 4.69) is 10.1 Å². The van der Waals surface area contributed by atoms with E-state index in [4.69, 9.17) is 4.74 Å². The van der Waals surface area contributed by atoms with Crippen LogP contribution < -0.4 is 10.1 Å². The minimum Gasteiger partial charge on any atom is -0.478 e. The van der Waals surface area contributed by atoms with Crippen LogP contribution in [-0.2, 0) is 0 Å². The summed E-state index contributed by atoms with van der Waals surface area (Å²) in [5.41, 5.74) is 1.02. The van der Waals surface area contributed by atoms with E-state index in [1.165, 1.54) is 24.4 Å². The molecule has 3 aromatic rings. The monoisotopic (exact) mass is 351 g/mol. The Hall–Kier alpha value is -3.28. The molecule has 5 nitrogen and oxygen atoms in total. The van der Waals surface area contributed by atoms with Crippen LogP contribution in [-0.4, -0.2) is 22.3 Å². The molecular formula is C20H18FN3O2. The lowest BCUT2D eigenvalue weighted by Crippen LogP contribution is -2.15. The molecule has 0 unspecified atom stereocenters. The second-order valence-corrected chi connectivity index (χ2v) is 5.58. The molecule has 26 heavy (non-hydrogen) atoms. The van der Waals surface area contributed by atoms with E-state index in [-0.39, 0.29) is 5.56 Å². The van der Waals surface area contributed by atoms with Gasteiger partial charge < -0.3 is 4.74 Å². The Bertz CT molecular complexity index is 968. The minimum atomic E-state index is -0.537. The predicted molar refractivity (Wildman–Crippen MR) is 95.6 cm³/mol. The fourth-order valence-corrected chi connectivity index (χ4v) is 2.34. The van der Waals surface area contributed by atoms with Crippen molar-refractivity contribution >= 4 is 5.91 Å². The second kappa shape index (κ2) is 8.20. The quantitative estimate of drug-likeness (QED) is 0.706. The van der Waals surface area contributed by atoms with Gasteiger partial charge in [-0.05, 0) is 36.8 Å². The van der Waals surface area contributed by atoms with Crippen molar-refractivity contribution in [2.24, 2.45) is 4.99 Å². The predicted octanol–water partition coefficient (Wildman–Crippen LogP) is 3.54. The molecule has 0 aliphatic carbocycles. The molecule has 0 aliphatic heterocycles. The molecule has 0 saturated heterocycles. The summed E-state index contributed by atoms with van der Waals surface area (Å²) in [6, 6.07) is 16.6. The Balaban J connectivity index is 1.99. The van der Waals surface area contributed by atoms with Crippen LogP contribution in [0.2, 0.25) is 0 Å². The van der Waals surface area contributed by atoms with Gasteiger partial charge in [0.05, 0.1) is 23.8 Å². The number of benzene rings is 2. The Morgan fingerprint density at radius 2 is 1.96 bits per heavy atom. The van der Waals surface area contributed by atoms with Gasteiger partial charge in [-0.2, -0.15) is 5.10 Å². The molecule has 3 rings (SSSR count). The van der Waals surface area contributed by atoms with E-state index in [0.29, 0.717) is 17.8 Å². The van der Waals surface area contributed by atoms with Crippen LogP contribution in [0.3, 0.4) is 0 Å². The molecular weight excluding hydrogens is 333 g/mol. The zero-order valence-electron chi connectivity index (χ0n) is 14.3. The van der Waals surface area contributed by atoms with Gasteiger partial charge in [-0.1, -0.05) is 31.2 Å². The average Bonchev–Trinajstić information content (AvgIpc) is 2.67. The van der Waals surface area contributed by atoms with Gasteiger partial charge in [0.2, 0.25) is 5.88 Å². The van der Waals surface area contributed by atoms with Crippen molar-refractivity contribution in [3.05, 3.63) is 83.6 Å². The zero-order chi connectivity index (χ0) is 18.4. The van der Waals surface area contributed by atoms with Crippen molar-refractivity contribution < 1.29 is 13.9 Å². The lowest BCUT2D eigenvalue weighted by atomic mass is 10.2. The topological polar surface area (TPSA) is 56.5 Å². The summed E-state index contributed by atoms with van der Waals surface area (Å²) < 4.78 is 20.7. The summed E-state index contributed by atoms with van der Waals surface area (Å²) in [7, 11) is 0. The van der Waals surface area contributed by atoms with Gasteiger partial charge in [-0.15, -0.1) is 0 Å². The van der Waals surface area contributed by atoms with E-state index in [1.54, 1.807) is 10.7 Å². The van der Waals surface area contributed by atoms with E-state index in [0.717, 1.165) is 18.2 Å². The number of nitrogens with zero attached hydrogens (tertiary/aromatic N) is 3. The van der Waals surface area contributed by atoms with E-state index in [9.17, 15) is 9.18 Å². The van der Waals surface area contributed by atoms with Gasteiger partial charge in [0.15, 0.2) is 0 Å². The van der Waals surface area contributed by atoms with E-state index < -0.39 is 11.7 Å². The van der Waals surface area contributed by atoms with Gasteiger partial charge >= 0.3 is 0 Å². The maximum Gasteiger partial charge on any atom is 0.277 e. The summed E-state index contributed by atoms with van der Waals surface area (Å²) in [5.74, 6) is -0.539. The molecule has 0 aliphatic rings. The molecule has 0 N–H and O–H groups in total. The van der Waals surface area contributed by atoms with Crippen molar-refractivity contribution in [3.8, 4) is 11.6 Å². The van der Waals surface area contributed by atoms with E-state index >= 15 is 0 Å². The number of carbonyl (C=O) groups excluding carboxylic acids is 1. The van der Waals surface area contributed by atoms with Crippen LogP contribution in [0, 0.1) is 5.82 Å². The van der Waals surface area contributed by atoms with E-state index in [1.807, 2.05) is 37.3 Å². The normalized spacial score (nSPS) is 11.4. The Kier molecular flexibility index (Phi) is 5.53. The first kappa shape index (κ1) is 17.5. The average molecular weight is 351 g/mol. The van der Waals surface area contributed by atoms with Crippen LogP contribution in [0.4, 0.5) is 4.39 Å². The highest BCUT2D eigenvalue weighted by atomic mass is 19.1. The number of carbonyl (C=O) groups is 1. The number of aromatic nitrogens is 2. The molecule has 1 amide bonds. The summed E-state index contributed by atoms with van der Waals surface area (Å²) in [4.78, 5) is 16.3. The Morgan fingerprint density at radius 3 is 2.69 bits per heavy atom. The number of para-hydroxylation sites is 1. The highest BCUT2D eigenvalue weighted by molar-refractivity contribution is 5.94. The maximum atomic E-state index is 13.3. The first-order chi connectivity index (χ1) is 12.7. The Labute approximate surface area is 150 Å². The third kappa shape index (κ3) is 4.22. The minimum absolute atomic E-state index is 0.181. The molecule has 132 valence electrons. The molecule has 0 fully saturated rings. The molecule has 0 radical (unpaired) electrons. The number of hydrogen-bond acceptors (Lipinski definition) is 3. The van der Waals surface area contributed by atoms with Crippen molar-refractivity contribution in [2.75, 3.05) is 6.61 Å². The summed E-state index contributed by atoms with van der Waals surface area (Å²) in [6.45, 7) is 2.51. The third-order valence-corrected chi connectivity index (χ3v) is 3.54. The summed E-state index contributed by atoms with van der Waals surface area (Å²) in [6.07, 6.45) is 2.31. The van der Waals surface area contributed by atoms with Gasteiger partial charge in [0.1, 0.15) is 5.82 Å². The highest BCUT2D eigenvalue weighted by Gasteiger charge is 2.08. The molecule has 0 saturated carbocycles. The standard InChI is InChI=1S/C20H18FN3O2/c1-2-11-26-19-13-17(14-22-24(19)18-9-4-3-5-10-18)23-20(25)15-7-6-8-16(21)12-15/h3-10,12-14H,2,11H2,1H3. The molecule has 0 spiro atoms. The number of rotatable bonds is 5. The van der Waals surface area contributed by atoms with Crippen molar-refractivity contribution in [2.45, 2.75) is 13.3 Å². The summed E-state index contributed by atoms with van der Waals surface area (Å²) in [5, 5.41) is 4.68.